The van der Waals surface area contributed by atoms with E-state index in [0.717, 1.165) is 29.8 Å². The van der Waals surface area contributed by atoms with E-state index < -0.39 is 5.97 Å². The topological polar surface area (TPSA) is 65.0 Å². The Labute approximate surface area is 172 Å². The van der Waals surface area contributed by atoms with Gasteiger partial charge in [-0.05, 0) is 27.7 Å². The van der Waals surface area contributed by atoms with Gasteiger partial charge in [-0.2, -0.15) is 0 Å². The second-order valence-electron chi connectivity index (χ2n) is 9.12. The maximum absolute atomic E-state index is 10.8. The van der Waals surface area contributed by atoms with Gasteiger partial charge in [0.05, 0.1) is 5.71 Å². The van der Waals surface area contributed by atoms with Crippen LogP contribution >= 0.6 is 0 Å². The zero-order valence-electron chi connectivity index (χ0n) is 17.2. The first kappa shape index (κ1) is 19.6. The van der Waals surface area contributed by atoms with Crippen molar-refractivity contribution in [2.24, 2.45) is 11.1 Å². The summed E-state index contributed by atoms with van der Waals surface area (Å²) in [6.07, 6.45) is 0.717. The van der Waals surface area contributed by atoms with Crippen molar-refractivity contribution in [3.8, 4) is 0 Å². The van der Waals surface area contributed by atoms with E-state index in [-0.39, 0.29) is 17.4 Å². The fourth-order valence-corrected chi connectivity index (χ4v) is 3.83. The van der Waals surface area contributed by atoms with Crippen molar-refractivity contribution in [1.29, 1.82) is 0 Å². The Morgan fingerprint density at radius 3 is 2.34 bits per heavy atom. The third kappa shape index (κ3) is 4.35. The largest absolute Gasteiger partial charge is 0.550 e. The summed E-state index contributed by atoms with van der Waals surface area (Å²) in [6, 6.07) is 16.9. The van der Waals surface area contributed by atoms with E-state index in [1.54, 1.807) is 0 Å². The molecule has 0 radical (unpaired) electrons. The second-order valence-corrected chi connectivity index (χ2v) is 9.12. The lowest BCUT2D eigenvalue weighted by Gasteiger charge is -2.39. The van der Waals surface area contributed by atoms with Gasteiger partial charge in [0.1, 0.15) is 0 Å². The zero-order valence-corrected chi connectivity index (χ0v) is 17.2. The van der Waals surface area contributed by atoms with Crippen molar-refractivity contribution >= 4 is 11.7 Å². The molecule has 29 heavy (non-hydrogen) atoms. The molecule has 0 bridgehead atoms. The molecular weight excluding hydrogens is 364 g/mol. The molecule has 1 saturated heterocycles. The molecule has 0 aromatic heterocycles. The summed E-state index contributed by atoms with van der Waals surface area (Å²) in [5, 5.41) is 15.1. The van der Waals surface area contributed by atoms with Gasteiger partial charge in [0.2, 0.25) is 0 Å². The Balaban J connectivity index is 1.34. The number of nitrogens with zero attached hydrogens (tertiary/aromatic N) is 2. The Hall–Kier alpha value is -2.66. The molecule has 2 aliphatic heterocycles. The highest BCUT2D eigenvalue weighted by Gasteiger charge is 2.28. The smallest absolute Gasteiger partial charge is 0.158 e. The van der Waals surface area contributed by atoms with E-state index in [1.807, 2.05) is 0 Å². The molecule has 0 N–H and O–H groups in total. The van der Waals surface area contributed by atoms with Crippen molar-refractivity contribution < 1.29 is 14.7 Å². The number of hydrogen-bond acceptors (Lipinski definition) is 5. The maximum atomic E-state index is 10.8. The molecule has 4 rings (SSSR count). The lowest BCUT2D eigenvalue weighted by atomic mass is 9.86. The number of oxime groups is 1. The van der Waals surface area contributed by atoms with Gasteiger partial charge in [-0.25, -0.2) is 0 Å². The van der Waals surface area contributed by atoms with Crippen LogP contribution in [0.1, 0.15) is 55.5 Å². The monoisotopic (exact) mass is 391 g/mol. The minimum atomic E-state index is -0.946. The first-order chi connectivity index (χ1) is 13.8. The molecule has 152 valence electrons. The van der Waals surface area contributed by atoms with Crippen LogP contribution < -0.4 is 5.11 Å². The molecule has 2 aromatic carbocycles. The molecule has 2 aromatic rings. The molecule has 0 amide bonds. The number of aliphatic carboxylic acids is 1. The van der Waals surface area contributed by atoms with E-state index in [1.165, 1.54) is 11.1 Å². The molecular formula is C24H27N2O3-. The number of rotatable bonds is 5. The normalized spacial score (nSPS) is 20.1. The minimum Gasteiger partial charge on any atom is -0.550 e. The molecule has 5 heteroatoms. The number of benzene rings is 2. The Morgan fingerprint density at radius 1 is 1.10 bits per heavy atom. The third-order valence-corrected chi connectivity index (χ3v) is 5.80. The molecule has 2 heterocycles. The van der Waals surface area contributed by atoms with Gasteiger partial charge in [0.25, 0.3) is 0 Å². The molecule has 0 spiro atoms. The fourth-order valence-electron chi connectivity index (χ4n) is 3.83. The van der Waals surface area contributed by atoms with Crippen molar-refractivity contribution in [3.63, 3.8) is 0 Å². The van der Waals surface area contributed by atoms with Crippen LogP contribution in [0.2, 0.25) is 0 Å². The molecule has 1 unspecified atom stereocenters. The van der Waals surface area contributed by atoms with Gasteiger partial charge in [0, 0.05) is 37.9 Å². The summed E-state index contributed by atoms with van der Waals surface area (Å²) in [5.41, 5.74) is 5.79. The summed E-state index contributed by atoms with van der Waals surface area (Å²) in [5.74, 6) is -1.27. The van der Waals surface area contributed by atoms with Crippen LogP contribution in [0.3, 0.4) is 0 Å². The Bertz CT molecular complexity index is 905. The van der Waals surface area contributed by atoms with E-state index in [0.29, 0.717) is 13.1 Å². The Kier molecular flexibility index (Phi) is 5.17. The molecule has 2 aliphatic rings. The van der Waals surface area contributed by atoms with E-state index in [4.69, 9.17) is 4.84 Å². The predicted octanol–water partition coefficient (Wildman–Crippen LogP) is 3.03. The number of carboxylic acid groups (broad SMARTS) is 1. The van der Waals surface area contributed by atoms with E-state index in [9.17, 15) is 9.90 Å². The molecule has 0 saturated carbocycles. The Morgan fingerprint density at radius 2 is 1.76 bits per heavy atom. The van der Waals surface area contributed by atoms with E-state index >= 15 is 0 Å². The van der Waals surface area contributed by atoms with Crippen LogP contribution in [0.4, 0.5) is 0 Å². The predicted molar refractivity (Wildman–Crippen MR) is 110 cm³/mol. The number of hydrogen-bond donors (Lipinski definition) is 0. The first-order valence-electron chi connectivity index (χ1n) is 10.2. The summed E-state index contributed by atoms with van der Waals surface area (Å²) in [6.45, 7) is 8.53. The van der Waals surface area contributed by atoms with Crippen LogP contribution in [-0.2, 0) is 21.6 Å². The lowest BCUT2D eigenvalue weighted by Crippen LogP contribution is -2.53. The molecule has 1 atom stereocenters. The summed E-state index contributed by atoms with van der Waals surface area (Å²) < 4.78 is 0. The van der Waals surface area contributed by atoms with Crippen LogP contribution in [0.15, 0.2) is 53.7 Å². The fraction of sp³-hybridized carbons (Fsp3) is 0.417. The second kappa shape index (κ2) is 7.64. The highest BCUT2D eigenvalue weighted by Crippen LogP contribution is 2.31. The van der Waals surface area contributed by atoms with Crippen molar-refractivity contribution in [2.45, 2.75) is 45.3 Å². The third-order valence-electron chi connectivity index (χ3n) is 5.80. The van der Waals surface area contributed by atoms with Gasteiger partial charge in [-0.3, -0.25) is 4.90 Å². The maximum Gasteiger partial charge on any atom is 0.158 e. The molecule has 5 nitrogen and oxygen atoms in total. The van der Waals surface area contributed by atoms with Gasteiger partial charge in [-0.15, -0.1) is 0 Å². The highest BCUT2D eigenvalue weighted by molar-refractivity contribution is 6.01. The average molecular weight is 391 g/mol. The van der Waals surface area contributed by atoms with Gasteiger partial charge < -0.3 is 14.7 Å². The quantitative estimate of drug-likeness (QED) is 0.786. The van der Waals surface area contributed by atoms with Crippen molar-refractivity contribution in [3.05, 3.63) is 70.8 Å². The molecule has 1 fully saturated rings. The number of likely N-dealkylation sites (tertiary alicyclic amines) is 1. The van der Waals surface area contributed by atoms with Crippen LogP contribution in [-0.4, -0.2) is 29.7 Å². The van der Waals surface area contributed by atoms with Gasteiger partial charge in [-0.1, -0.05) is 74.5 Å². The van der Waals surface area contributed by atoms with Crippen LogP contribution in [0.5, 0.6) is 0 Å². The summed E-state index contributed by atoms with van der Waals surface area (Å²) >= 11 is 0. The van der Waals surface area contributed by atoms with Gasteiger partial charge >= 0.3 is 0 Å². The number of carbonyl (C=O) groups excluding carboxylic acids is 1. The standard InChI is InChI=1S/C24H28N2O3/c1-24(2,3)20-10-8-18(9-11-20)22-12-21(25-29-22)17-6-4-16(5-7-17)13-26-14-19(15-26)23(27)28/h4-11,19,22H,12-15H2,1-3H3,(H,27,28)/p-1. The summed E-state index contributed by atoms with van der Waals surface area (Å²) in [7, 11) is 0. The average Bonchev–Trinajstić information content (AvgIpc) is 3.14. The van der Waals surface area contributed by atoms with Crippen LogP contribution in [0.25, 0.3) is 0 Å². The SMILES string of the molecule is CC(C)(C)c1ccc(C2CC(c3ccc(CN4CC(C(=O)[O-])C4)cc3)=NO2)cc1. The van der Waals surface area contributed by atoms with Gasteiger partial charge in [0.15, 0.2) is 6.10 Å². The molecule has 0 aliphatic carbocycles. The number of carbonyl (C=O) groups is 1. The van der Waals surface area contributed by atoms with Crippen LogP contribution in [0, 0.1) is 5.92 Å². The minimum absolute atomic E-state index is 0.0404. The summed E-state index contributed by atoms with van der Waals surface area (Å²) in [4.78, 5) is 18.6. The number of carboxylic acids is 1. The van der Waals surface area contributed by atoms with Crippen molar-refractivity contribution in [1.82, 2.24) is 4.90 Å². The lowest BCUT2D eigenvalue weighted by molar-refractivity contribution is -0.315. The van der Waals surface area contributed by atoms with Crippen molar-refractivity contribution in [2.75, 3.05) is 13.1 Å². The highest BCUT2D eigenvalue weighted by atomic mass is 16.6. The first-order valence-corrected chi connectivity index (χ1v) is 10.2. The van der Waals surface area contributed by atoms with E-state index in [2.05, 4.69) is 79.4 Å². The zero-order chi connectivity index (χ0) is 20.6.